The van der Waals surface area contributed by atoms with Gasteiger partial charge in [0.25, 0.3) is 5.22 Å². The van der Waals surface area contributed by atoms with Gasteiger partial charge in [-0.15, -0.1) is 0 Å². The molecule has 4 rings (SSSR count). The Morgan fingerprint density at radius 2 is 1.87 bits per heavy atom. The number of hydrogen-bond donors (Lipinski definition) is 1. The number of carboxylic acid groups (broad SMARTS) is 1. The third-order valence-corrected chi connectivity index (χ3v) is 5.65. The first-order valence-electron chi connectivity index (χ1n) is 9.03. The number of aromatic nitrogens is 1. The fraction of sp³-hybridized carbons (Fsp3) is 0.0435. The quantitative estimate of drug-likeness (QED) is 0.243. The van der Waals surface area contributed by atoms with Crippen molar-refractivity contribution < 1.29 is 19.1 Å². The summed E-state index contributed by atoms with van der Waals surface area (Å²) in [6.45, 7) is 0.447. The number of para-hydroxylation sites is 2. The van der Waals surface area contributed by atoms with E-state index < -0.39 is 5.97 Å². The predicted octanol–water partition coefficient (Wildman–Crippen LogP) is 6.39. The van der Waals surface area contributed by atoms with E-state index in [-0.39, 0.29) is 10.1 Å². The van der Waals surface area contributed by atoms with Crippen molar-refractivity contribution in [1.29, 1.82) is 0 Å². The normalized spacial score (nSPS) is 11.6. The minimum absolute atomic E-state index is 0.103. The van der Waals surface area contributed by atoms with Crippen molar-refractivity contribution in [2.45, 2.75) is 11.8 Å². The van der Waals surface area contributed by atoms with Crippen LogP contribution in [0.15, 0.2) is 91.8 Å². The van der Waals surface area contributed by atoms with Crippen LogP contribution in [-0.2, 0) is 11.4 Å². The summed E-state index contributed by atoms with van der Waals surface area (Å²) < 4.78 is 12.2. The van der Waals surface area contributed by atoms with Crippen molar-refractivity contribution in [2.75, 3.05) is 0 Å². The first-order chi connectivity index (χ1) is 14.6. The number of oxazole rings is 1. The second kappa shape index (κ2) is 9.19. The third-order valence-electron chi connectivity index (χ3n) is 4.17. The van der Waals surface area contributed by atoms with E-state index >= 15 is 0 Å². The van der Waals surface area contributed by atoms with Gasteiger partial charge >= 0.3 is 5.97 Å². The highest BCUT2D eigenvalue weighted by Gasteiger charge is 2.15. The standard InChI is InChI=1S/C23H16BrNO4S/c24-17-12-16(10-11-19(17)28-14-15-6-2-1-3-7-15)13-21(22(26)27)30-23-25-18-8-4-5-9-20(18)29-23/h1-13H,14H2,(H,26,27)/b21-13-. The Balaban J connectivity index is 1.51. The summed E-state index contributed by atoms with van der Waals surface area (Å²) in [4.78, 5) is 16.2. The third kappa shape index (κ3) is 4.93. The summed E-state index contributed by atoms with van der Waals surface area (Å²) >= 11 is 4.47. The van der Waals surface area contributed by atoms with Crippen molar-refractivity contribution in [2.24, 2.45) is 0 Å². The molecule has 0 saturated carbocycles. The number of carbonyl (C=O) groups is 1. The zero-order chi connectivity index (χ0) is 20.9. The van der Waals surface area contributed by atoms with E-state index in [4.69, 9.17) is 9.15 Å². The predicted molar refractivity (Wildman–Crippen MR) is 120 cm³/mol. The van der Waals surface area contributed by atoms with E-state index in [1.54, 1.807) is 18.2 Å². The van der Waals surface area contributed by atoms with Gasteiger partial charge in [0.05, 0.1) is 4.47 Å². The monoisotopic (exact) mass is 481 g/mol. The summed E-state index contributed by atoms with van der Waals surface area (Å²) in [5, 5.41) is 9.89. The molecule has 0 spiro atoms. The Bertz CT molecular complexity index is 1190. The smallest absolute Gasteiger partial charge is 0.342 e. The Hall–Kier alpha value is -3.03. The van der Waals surface area contributed by atoms with Crippen LogP contribution in [0, 0.1) is 0 Å². The lowest BCUT2D eigenvalue weighted by Crippen LogP contribution is -1.97. The van der Waals surface area contributed by atoms with Crippen LogP contribution in [-0.4, -0.2) is 16.1 Å². The van der Waals surface area contributed by atoms with Gasteiger partial charge < -0.3 is 14.3 Å². The first-order valence-corrected chi connectivity index (χ1v) is 10.6. The molecule has 5 nitrogen and oxygen atoms in total. The van der Waals surface area contributed by atoms with Crippen LogP contribution in [0.25, 0.3) is 17.2 Å². The van der Waals surface area contributed by atoms with Crippen LogP contribution in [0.3, 0.4) is 0 Å². The first kappa shape index (κ1) is 20.3. The molecule has 0 radical (unpaired) electrons. The van der Waals surface area contributed by atoms with E-state index in [0.29, 0.717) is 23.5 Å². The van der Waals surface area contributed by atoms with Gasteiger partial charge in [0, 0.05) is 0 Å². The molecule has 0 fully saturated rings. The van der Waals surface area contributed by atoms with Gasteiger partial charge in [-0.1, -0.05) is 48.5 Å². The Kier molecular flexibility index (Phi) is 6.21. The van der Waals surface area contributed by atoms with E-state index in [0.717, 1.165) is 27.4 Å². The Morgan fingerprint density at radius 3 is 2.60 bits per heavy atom. The molecule has 0 amide bonds. The molecule has 0 aliphatic rings. The summed E-state index contributed by atoms with van der Waals surface area (Å²) in [6, 6.07) is 22.6. The molecule has 0 bridgehead atoms. The molecule has 1 aromatic heterocycles. The zero-order valence-electron chi connectivity index (χ0n) is 15.6. The number of benzene rings is 3. The molecule has 30 heavy (non-hydrogen) atoms. The molecular formula is C23H16BrNO4S. The molecule has 0 saturated heterocycles. The van der Waals surface area contributed by atoms with Crippen molar-refractivity contribution in [3.8, 4) is 5.75 Å². The molecule has 1 heterocycles. The zero-order valence-corrected chi connectivity index (χ0v) is 18.0. The number of fused-ring (bicyclic) bond motifs is 1. The number of ether oxygens (including phenoxy) is 1. The van der Waals surface area contributed by atoms with Crippen molar-refractivity contribution in [3.05, 3.63) is 93.3 Å². The number of nitrogens with zero attached hydrogens (tertiary/aromatic N) is 1. The molecule has 3 aromatic carbocycles. The number of hydrogen-bond acceptors (Lipinski definition) is 5. The highest BCUT2D eigenvalue weighted by molar-refractivity contribution is 9.10. The second-order valence-electron chi connectivity index (χ2n) is 6.33. The van der Waals surface area contributed by atoms with Gasteiger partial charge in [0.15, 0.2) is 5.58 Å². The van der Waals surface area contributed by atoms with E-state index in [1.807, 2.05) is 60.7 Å². The molecule has 0 aliphatic heterocycles. The van der Waals surface area contributed by atoms with Gasteiger partial charge in [-0.25, -0.2) is 9.78 Å². The number of carboxylic acids is 1. The maximum Gasteiger partial charge on any atom is 0.342 e. The summed E-state index contributed by atoms with van der Waals surface area (Å²) in [5.41, 5.74) is 3.09. The van der Waals surface area contributed by atoms with Crippen molar-refractivity contribution in [1.82, 2.24) is 4.98 Å². The molecule has 0 unspecified atom stereocenters. The second-order valence-corrected chi connectivity index (χ2v) is 8.17. The molecular weight excluding hydrogens is 466 g/mol. The molecule has 7 heteroatoms. The maximum atomic E-state index is 11.7. The largest absolute Gasteiger partial charge is 0.488 e. The lowest BCUT2D eigenvalue weighted by atomic mass is 10.2. The molecule has 150 valence electrons. The van der Waals surface area contributed by atoms with Crippen LogP contribution in [0.5, 0.6) is 5.75 Å². The van der Waals surface area contributed by atoms with Gasteiger partial charge in [-0.2, -0.15) is 0 Å². The number of aliphatic carboxylic acids is 1. The average molecular weight is 482 g/mol. The summed E-state index contributed by atoms with van der Waals surface area (Å²) in [5.74, 6) is -0.373. The van der Waals surface area contributed by atoms with Gasteiger partial charge in [-0.05, 0) is 69.2 Å². The minimum Gasteiger partial charge on any atom is -0.488 e. The van der Waals surface area contributed by atoms with E-state index in [9.17, 15) is 9.90 Å². The average Bonchev–Trinajstić information content (AvgIpc) is 3.16. The Morgan fingerprint density at radius 1 is 1.10 bits per heavy atom. The topological polar surface area (TPSA) is 72.6 Å². The van der Waals surface area contributed by atoms with Gasteiger partial charge in [0.1, 0.15) is 22.8 Å². The van der Waals surface area contributed by atoms with Crippen molar-refractivity contribution >= 4 is 50.8 Å². The SMILES string of the molecule is O=C(O)/C(=C/c1ccc(OCc2ccccc2)c(Br)c1)Sc1nc2ccccc2o1. The van der Waals surface area contributed by atoms with Crippen LogP contribution in [0.1, 0.15) is 11.1 Å². The van der Waals surface area contributed by atoms with Crippen LogP contribution >= 0.6 is 27.7 Å². The fourth-order valence-corrected chi connectivity index (χ4v) is 3.99. The number of thioether (sulfide) groups is 1. The number of rotatable bonds is 7. The summed E-state index contributed by atoms with van der Waals surface area (Å²) in [7, 11) is 0. The maximum absolute atomic E-state index is 11.7. The summed E-state index contributed by atoms with van der Waals surface area (Å²) in [6.07, 6.45) is 1.58. The molecule has 1 N–H and O–H groups in total. The molecule has 0 aliphatic carbocycles. The van der Waals surface area contributed by atoms with Crippen LogP contribution in [0.2, 0.25) is 0 Å². The van der Waals surface area contributed by atoms with E-state index in [2.05, 4.69) is 20.9 Å². The minimum atomic E-state index is -1.05. The van der Waals surface area contributed by atoms with Gasteiger partial charge in [0.2, 0.25) is 0 Å². The molecule has 4 aromatic rings. The highest BCUT2D eigenvalue weighted by atomic mass is 79.9. The fourth-order valence-electron chi connectivity index (χ4n) is 2.73. The highest BCUT2D eigenvalue weighted by Crippen LogP contribution is 2.32. The van der Waals surface area contributed by atoms with E-state index in [1.165, 1.54) is 0 Å². The molecule has 0 atom stereocenters. The lowest BCUT2D eigenvalue weighted by Gasteiger charge is -2.09. The van der Waals surface area contributed by atoms with Crippen molar-refractivity contribution in [3.63, 3.8) is 0 Å². The van der Waals surface area contributed by atoms with Crippen LogP contribution < -0.4 is 4.74 Å². The van der Waals surface area contributed by atoms with Gasteiger partial charge in [-0.3, -0.25) is 0 Å². The Labute approximate surface area is 185 Å². The number of halogens is 1. The van der Waals surface area contributed by atoms with Crippen LogP contribution in [0.4, 0.5) is 0 Å². The lowest BCUT2D eigenvalue weighted by molar-refractivity contribution is -0.131.